The highest BCUT2D eigenvalue weighted by Crippen LogP contribution is 2.28. The summed E-state index contributed by atoms with van der Waals surface area (Å²) in [6.45, 7) is 5.11. The number of rotatable bonds is 7. The molecule has 1 aromatic carbocycles. The number of carbonyl (C=O) groups excluding carboxylic acids is 3. The number of amides is 3. The summed E-state index contributed by atoms with van der Waals surface area (Å²) in [6, 6.07) is 7.04. The Labute approximate surface area is 209 Å². The number of likely N-dealkylation sites (tertiary alicyclic amines) is 1. The maximum Gasteiger partial charge on any atom is 0.262 e. The molecular weight excluding hydrogens is 474 g/mol. The van der Waals surface area contributed by atoms with Gasteiger partial charge in [-0.1, -0.05) is 17.7 Å². The lowest BCUT2D eigenvalue weighted by molar-refractivity contribution is -0.135. The molecule has 34 heavy (non-hydrogen) atoms. The van der Waals surface area contributed by atoms with Gasteiger partial charge in [-0.05, 0) is 63.0 Å². The van der Waals surface area contributed by atoms with E-state index in [0.717, 1.165) is 49.1 Å². The molecule has 2 aliphatic heterocycles. The van der Waals surface area contributed by atoms with Crippen LogP contribution in [0.3, 0.4) is 0 Å². The molecule has 0 saturated carbocycles. The molecule has 0 aliphatic carbocycles. The Morgan fingerprint density at radius 2 is 1.82 bits per heavy atom. The van der Waals surface area contributed by atoms with E-state index in [1.54, 1.807) is 12.1 Å². The van der Waals surface area contributed by atoms with Crippen LogP contribution in [0, 0.1) is 0 Å². The SMILES string of the molecule is CN1CCC(N2CCN(C(=O)[C@@H](CCC(N)=O)NC(=O)c3cc4ccc(Cl)cc4s3)CC2)CC1. The van der Waals surface area contributed by atoms with Crippen molar-refractivity contribution in [1.82, 2.24) is 20.0 Å². The molecule has 3 amide bonds. The molecule has 0 radical (unpaired) electrons. The van der Waals surface area contributed by atoms with Crippen LogP contribution in [0.15, 0.2) is 24.3 Å². The second-order valence-electron chi connectivity index (χ2n) is 9.22. The number of carbonyl (C=O) groups is 3. The molecule has 3 N–H and O–H groups in total. The minimum absolute atomic E-state index is 0.0360. The summed E-state index contributed by atoms with van der Waals surface area (Å²) in [4.78, 5) is 44.9. The molecule has 4 rings (SSSR count). The number of halogens is 1. The second kappa shape index (κ2) is 11.0. The molecule has 3 heterocycles. The van der Waals surface area contributed by atoms with Crippen molar-refractivity contribution < 1.29 is 14.4 Å². The van der Waals surface area contributed by atoms with Crippen LogP contribution < -0.4 is 11.1 Å². The number of nitrogens with two attached hydrogens (primary N) is 1. The Balaban J connectivity index is 1.39. The number of hydrogen-bond acceptors (Lipinski definition) is 6. The summed E-state index contributed by atoms with van der Waals surface area (Å²) in [5.41, 5.74) is 5.34. The number of piperidine rings is 1. The van der Waals surface area contributed by atoms with E-state index in [2.05, 4.69) is 22.2 Å². The summed E-state index contributed by atoms with van der Waals surface area (Å²) in [5.74, 6) is -0.970. The van der Waals surface area contributed by atoms with Gasteiger partial charge in [0.05, 0.1) is 4.88 Å². The number of fused-ring (bicyclic) bond motifs is 1. The minimum Gasteiger partial charge on any atom is -0.370 e. The van der Waals surface area contributed by atoms with Gasteiger partial charge in [0.15, 0.2) is 0 Å². The lowest BCUT2D eigenvalue weighted by atomic mass is 10.0. The molecule has 1 aromatic heterocycles. The first kappa shape index (κ1) is 24.9. The molecule has 0 spiro atoms. The molecule has 184 valence electrons. The average molecular weight is 506 g/mol. The van der Waals surface area contributed by atoms with E-state index < -0.39 is 11.9 Å². The van der Waals surface area contributed by atoms with Crippen LogP contribution in [0.2, 0.25) is 5.02 Å². The number of thiophene rings is 1. The molecule has 2 saturated heterocycles. The monoisotopic (exact) mass is 505 g/mol. The third-order valence-corrected chi connectivity index (χ3v) is 8.15. The highest BCUT2D eigenvalue weighted by Gasteiger charge is 2.32. The third-order valence-electron chi connectivity index (χ3n) is 6.82. The lowest BCUT2D eigenvalue weighted by Crippen LogP contribution is -2.57. The van der Waals surface area contributed by atoms with E-state index in [1.807, 2.05) is 17.0 Å². The molecule has 1 atom stereocenters. The van der Waals surface area contributed by atoms with Crippen molar-refractivity contribution in [1.29, 1.82) is 0 Å². The molecule has 8 nitrogen and oxygen atoms in total. The van der Waals surface area contributed by atoms with Crippen molar-refractivity contribution >= 4 is 50.7 Å². The zero-order chi connectivity index (χ0) is 24.2. The van der Waals surface area contributed by atoms with Crippen molar-refractivity contribution in [3.63, 3.8) is 0 Å². The van der Waals surface area contributed by atoms with E-state index >= 15 is 0 Å². The van der Waals surface area contributed by atoms with Gasteiger partial charge in [-0.2, -0.15) is 0 Å². The molecule has 0 unspecified atom stereocenters. The predicted molar refractivity (Wildman–Crippen MR) is 135 cm³/mol. The topological polar surface area (TPSA) is 99.0 Å². The van der Waals surface area contributed by atoms with Crippen LogP contribution in [0.1, 0.15) is 35.4 Å². The predicted octanol–water partition coefficient (Wildman–Crippen LogP) is 2.16. The lowest BCUT2D eigenvalue weighted by Gasteiger charge is -2.42. The fraction of sp³-hybridized carbons (Fsp3) is 0.542. The number of piperazine rings is 1. The Hall–Kier alpha value is -2.20. The maximum atomic E-state index is 13.3. The zero-order valence-electron chi connectivity index (χ0n) is 19.5. The van der Waals surface area contributed by atoms with Crippen LogP contribution in [0.4, 0.5) is 0 Å². The summed E-state index contributed by atoms with van der Waals surface area (Å²) >= 11 is 7.39. The van der Waals surface area contributed by atoms with Gasteiger partial charge >= 0.3 is 0 Å². The first-order valence-corrected chi connectivity index (χ1v) is 13.0. The van der Waals surface area contributed by atoms with Crippen molar-refractivity contribution in [3.05, 3.63) is 34.2 Å². The van der Waals surface area contributed by atoms with Crippen LogP contribution in [0.5, 0.6) is 0 Å². The second-order valence-corrected chi connectivity index (χ2v) is 10.7. The fourth-order valence-corrected chi connectivity index (χ4v) is 6.02. The zero-order valence-corrected chi connectivity index (χ0v) is 21.0. The highest BCUT2D eigenvalue weighted by atomic mass is 35.5. The first-order chi connectivity index (χ1) is 16.3. The van der Waals surface area contributed by atoms with Gasteiger partial charge in [0.1, 0.15) is 6.04 Å². The minimum atomic E-state index is -0.788. The largest absolute Gasteiger partial charge is 0.370 e. The number of hydrogen-bond donors (Lipinski definition) is 2. The van der Waals surface area contributed by atoms with E-state index in [1.165, 1.54) is 11.3 Å². The molecule has 2 aromatic rings. The Kier molecular flexibility index (Phi) is 8.08. The smallest absolute Gasteiger partial charge is 0.262 e. The van der Waals surface area contributed by atoms with E-state index in [4.69, 9.17) is 17.3 Å². The molecular formula is C24H32ClN5O3S. The number of benzene rings is 1. The van der Waals surface area contributed by atoms with Gasteiger partial charge in [0, 0.05) is 48.4 Å². The highest BCUT2D eigenvalue weighted by molar-refractivity contribution is 7.20. The molecule has 2 fully saturated rings. The summed E-state index contributed by atoms with van der Waals surface area (Å²) in [6.07, 6.45) is 2.53. The normalized spacial score (nSPS) is 19.3. The fourth-order valence-electron chi connectivity index (χ4n) is 4.78. The molecule has 0 bridgehead atoms. The van der Waals surface area contributed by atoms with Gasteiger partial charge in [-0.25, -0.2) is 0 Å². The van der Waals surface area contributed by atoms with E-state index in [0.29, 0.717) is 29.0 Å². The van der Waals surface area contributed by atoms with Crippen LogP contribution in [-0.4, -0.2) is 90.8 Å². The van der Waals surface area contributed by atoms with Crippen LogP contribution >= 0.6 is 22.9 Å². The van der Waals surface area contributed by atoms with Crippen LogP contribution in [0.25, 0.3) is 10.1 Å². The van der Waals surface area contributed by atoms with E-state index in [-0.39, 0.29) is 24.7 Å². The van der Waals surface area contributed by atoms with Gasteiger partial charge in [0.25, 0.3) is 5.91 Å². The Bertz CT molecular complexity index is 1040. The quantitative estimate of drug-likeness (QED) is 0.600. The van der Waals surface area contributed by atoms with Crippen molar-refractivity contribution in [2.45, 2.75) is 37.8 Å². The van der Waals surface area contributed by atoms with Crippen molar-refractivity contribution in [2.24, 2.45) is 5.73 Å². The van der Waals surface area contributed by atoms with Gasteiger partial charge in [0.2, 0.25) is 11.8 Å². The summed E-state index contributed by atoms with van der Waals surface area (Å²) in [5, 5.41) is 4.39. The van der Waals surface area contributed by atoms with Crippen molar-refractivity contribution in [2.75, 3.05) is 46.3 Å². The Morgan fingerprint density at radius 3 is 2.50 bits per heavy atom. The summed E-state index contributed by atoms with van der Waals surface area (Å²) < 4.78 is 0.905. The van der Waals surface area contributed by atoms with Crippen LogP contribution in [-0.2, 0) is 9.59 Å². The third kappa shape index (κ3) is 6.07. The van der Waals surface area contributed by atoms with E-state index in [9.17, 15) is 14.4 Å². The molecule has 10 heteroatoms. The Morgan fingerprint density at radius 1 is 1.12 bits per heavy atom. The summed E-state index contributed by atoms with van der Waals surface area (Å²) in [7, 11) is 2.15. The maximum absolute atomic E-state index is 13.3. The average Bonchev–Trinajstić information content (AvgIpc) is 3.25. The van der Waals surface area contributed by atoms with Crippen molar-refractivity contribution in [3.8, 4) is 0 Å². The first-order valence-electron chi connectivity index (χ1n) is 11.8. The number of primary amides is 1. The van der Waals surface area contributed by atoms with Gasteiger partial charge < -0.3 is 20.9 Å². The number of nitrogens with one attached hydrogen (secondary N) is 1. The standard InChI is InChI=1S/C24H32ClN5O3S/c1-28-8-6-18(7-9-28)29-10-12-30(13-11-29)24(33)19(4-5-22(26)31)27-23(32)21-14-16-2-3-17(25)15-20(16)34-21/h2-3,14-15,18-19H,4-13H2,1H3,(H2,26,31)(H,27,32)/t19-/m1/s1. The van der Waals surface area contributed by atoms with Gasteiger partial charge in [-0.15, -0.1) is 11.3 Å². The van der Waals surface area contributed by atoms with Gasteiger partial charge in [-0.3, -0.25) is 19.3 Å². The molecule has 2 aliphatic rings. The number of nitrogens with zero attached hydrogens (tertiary/aromatic N) is 3.